The molecule has 1 unspecified atom stereocenters. The van der Waals surface area contributed by atoms with Crippen molar-refractivity contribution in [1.29, 1.82) is 0 Å². The zero-order chi connectivity index (χ0) is 21.5. The minimum Gasteiger partial charge on any atom is -0.350 e. The lowest BCUT2D eigenvalue weighted by Gasteiger charge is -2.31. The van der Waals surface area contributed by atoms with Gasteiger partial charge in [-0.2, -0.15) is 9.36 Å². The van der Waals surface area contributed by atoms with E-state index in [2.05, 4.69) is 29.7 Å². The molecule has 0 radical (unpaired) electrons. The molecular weight excluding hydrogens is 427 g/mol. The lowest BCUT2D eigenvalue weighted by Crippen LogP contribution is -2.39. The lowest BCUT2D eigenvalue weighted by molar-refractivity contribution is 0.411. The topological polar surface area (TPSA) is 71.8 Å². The number of rotatable bonds is 4. The van der Waals surface area contributed by atoms with Gasteiger partial charge in [0, 0.05) is 48.7 Å². The van der Waals surface area contributed by atoms with Crippen LogP contribution in [0.25, 0.3) is 0 Å². The third-order valence-corrected chi connectivity index (χ3v) is 6.80. The number of aromatic nitrogens is 5. The number of benzene rings is 1. The van der Waals surface area contributed by atoms with Gasteiger partial charge < -0.3 is 10.2 Å². The predicted octanol–water partition coefficient (Wildman–Crippen LogP) is 3.86. The van der Waals surface area contributed by atoms with Crippen LogP contribution in [-0.4, -0.2) is 43.3 Å². The molecule has 2 aromatic heterocycles. The van der Waals surface area contributed by atoms with Gasteiger partial charge in [0.1, 0.15) is 11.6 Å². The number of anilines is 2. The van der Waals surface area contributed by atoms with Crippen molar-refractivity contribution in [1.82, 2.24) is 24.1 Å². The van der Waals surface area contributed by atoms with Gasteiger partial charge in [-0.1, -0.05) is 6.07 Å². The largest absolute Gasteiger partial charge is 0.350 e. The van der Waals surface area contributed by atoms with E-state index in [1.165, 1.54) is 17.6 Å². The van der Waals surface area contributed by atoms with E-state index in [1.54, 1.807) is 4.68 Å². The van der Waals surface area contributed by atoms with E-state index in [-0.39, 0.29) is 11.6 Å². The zero-order valence-electron chi connectivity index (χ0n) is 17.0. The van der Waals surface area contributed by atoms with Crippen molar-refractivity contribution in [3.8, 4) is 0 Å². The van der Waals surface area contributed by atoms with E-state index in [0.29, 0.717) is 24.7 Å². The van der Waals surface area contributed by atoms with Crippen molar-refractivity contribution >= 4 is 22.6 Å². The molecule has 1 N–H and O–H groups in total. The van der Waals surface area contributed by atoms with Crippen molar-refractivity contribution in [3.63, 3.8) is 0 Å². The normalized spacial score (nSPS) is 19.5. The summed E-state index contributed by atoms with van der Waals surface area (Å²) >= 11 is 1.42. The van der Waals surface area contributed by atoms with Crippen LogP contribution in [0.4, 0.5) is 24.3 Å². The average Bonchev–Trinajstić information content (AvgIpc) is 3.38. The van der Waals surface area contributed by atoms with Crippen molar-refractivity contribution < 1.29 is 13.2 Å². The van der Waals surface area contributed by atoms with Crippen LogP contribution in [-0.2, 0) is 6.54 Å². The highest BCUT2D eigenvalue weighted by Gasteiger charge is 2.30. The molecule has 11 heteroatoms. The molecule has 4 heterocycles. The van der Waals surface area contributed by atoms with Gasteiger partial charge in [0.05, 0.1) is 0 Å². The first kappa shape index (κ1) is 20.2. The van der Waals surface area contributed by atoms with E-state index in [0.717, 1.165) is 49.4 Å². The first-order chi connectivity index (χ1) is 15.0. The minimum absolute atomic E-state index is 0.124. The Morgan fingerprint density at radius 1 is 1.03 bits per heavy atom. The molecular formula is C20H22F3N7S. The molecule has 1 fully saturated rings. The number of hydrogen-bond acceptors (Lipinski definition) is 7. The predicted molar refractivity (Wildman–Crippen MR) is 111 cm³/mol. The van der Waals surface area contributed by atoms with Gasteiger partial charge in [-0.05, 0) is 38.7 Å². The average molecular weight is 450 g/mol. The molecule has 1 atom stereocenters. The quantitative estimate of drug-likeness (QED) is 0.610. The molecule has 5 rings (SSSR count). The van der Waals surface area contributed by atoms with Crippen molar-refractivity contribution in [3.05, 3.63) is 46.8 Å². The minimum atomic E-state index is -1.44. The summed E-state index contributed by atoms with van der Waals surface area (Å²) < 4.78 is 47.5. The Balaban J connectivity index is 1.30. The Labute approximate surface area is 181 Å². The number of nitrogens with zero attached hydrogens (tertiary/aromatic N) is 6. The molecule has 3 aromatic rings. The Kier molecular flexibility index (Phi) is 5.28. The van der Waals surface area contributed by atoms with Gasteiger partial charge in [-0.3, -0.25) is 0 Å². The van der Waals surface area contributed by atoms with Crippen molar-refractivity contribution in [2.24, 2.45) is 0 Å². The summed E-state index contributed by atoms with van der Waals surface area (Å²) in [5, 5.41) is 8.88. The Bertz CT molecular complexity index is 1090. The first-order valence-corrected chi connectivity index (χ1v) is 11.2. The fourth-order valence-electron chi connectivity index (χ4n) is 4.33. The molecule has 1 aromatic carbocycles. The van der Waals surface area contributed by atoms with E-state index >= 15 is 0 Å². The monoisotopic (exact) mass is 449 g/mol. The number of fused-ring (bicyclic) bond motifs is 1. The fraction of sp³-hybridized carbons (Fsp3) is 0.500. The number of hydrogen-bond donors (Lipinski definition) is 1. The highest BCUT2D eigenvalue weighted by molar-refractivity contribution is 7.09. The van der Waals surface area contributed by atoms with Gasteiger partial charge in [-0.15, -0.1) is 5.10 Å². The number of halogens is 3. The van der Waals surface area contributed by atoms with Gasteiger partial charge in [0.2, 0.25) is 11.1 Å². The summed E-state index contributed by atoms with van der Waals surface area (Å²) in [6.45, 7) is 4.28. The Morgan fingerprint density at radius 3 is 2.58 bits per heavy atom. The summed E-state index contributed by atoms with van der Waals surface area (Å²) in [6, 6.07) is 2.49. The second-order valence-electron chi connectivity index (χ2n) is 8.01. The molecule has 0 amide bonds. The highest BCUT2D eigenvalue weighted by Crippen LogP contribution is 2.35. The van der Waals surface area contributed by atoms with Crippen LogP contribution in [0.1, 0.15) is 48.8 Å². The number of aryl methyl sites for hydroxylation is 2. The molecule has 164 valence electrons. The van der Waals surface area contributed by atoms with Crippen LogP contribution in [0.15, 0.2) is 12.1 Å². The maximum Gasteiger partial charge on any atom is 0.242 e. The first-order valence-electron chi connectivity index (χ1n) is 10.4. The van der Waals surface area contributed by atoms with Gasteiger partial charge >= 0.3 is 0 Å². The second-order valence-corrected chi connectivity index (χ2v) is 8.74. The van der Waals surface area contributed by atoms with Crippen molar-refractivity contribution in [2.45, 2.75) is 51.1 Å². The maximum atomic E-state index is 14.4. The SMILES string of the molecule is Cc1nsc(N2CCC(Nc3nc4n(n3)CCCC4c3ccc(F)c(F)c3F)CC2)n1. The third kappa shape index (κ3) is 3.86. The van der Waals surface area contributed by atoms with E-state index in [4.69, 9.17) is 0 Å². The molecule has 0 aliphatic carbocycles. The molecule has 2 aliphatic rings. The zero-order valence-corrected chi connectivity index (χ0v) is 17.8. The summed E-state index contributed by atoms with van der Waals surface area (Å²) in [4.78, 5) is 11.3. The van der Waals surface area contributed by atoms with Crippen LogP contribution in [0, 0.1) is 24.4 Å². The van der Waals surface area contributed by atoms with Gasteiger partial charge in [0.25, 0.3) is 0 Å². The van der Waals surface area contributed by atoms with Crippen molar-refractivity contribution in [2.75, 3.05) is 23.3 Å². The maximum absolute atomic E-state index is 14.4. The Hall–Kier alpha value is -2.69. The third-order valence-electron chi connectivity index (χ3n) is 5.93. The van der Waals surface area contributed by atoms with E-state index < -0.39 is 23.4 Å². The molecule has 7 nitrogen and oxygen atoms in total. The van der Waals surface area contributed by atoms with Crippen LogP contribution < -0.4 is 10.2 Å². The van der Waals surface area contributed by atoms with Gasteiger partial charge in [0.15, 0.2) is 17.5 Å². The fourth-order valence-corrected chi connectivity index (χ4v) is 5.05. The summed E-state index contributed by atoms with van der Waals surface area (Å²) in [7, 11) is 0. The molecule has 2 aliphatic heterocycles. The van der Waals surface area contributed by atoms with Crippen LogP contribution in [0.2, 0.25) is 0 Å². The molecule has 0 spiro atoms. The molecule has 0 bridgehead atoms. The number of piperidine rings is 1. The van der Waals surface area contributed by atoms with E-state index in [9.17, 15) is 13.2 Å². The van der Waals surface area contributed by atoms with Crippen LogP contribution >= 0.6 is 11.5 Å². The Morgan fingerprint density at radius 2 is 1.84 bits per heavy atom. The summed E-state index contributed by atoms with van der Waals surface area (Å²) in [5.74, 6) is -2.35. The highest BCUT2D eigenvalue weighted by atomic mass is 32.1. The smallest absolute Gasteiger partial charge is 0.242 e. The summed E-state index contributed by atoms with van der Waals surface area (Å²) in [5.41, 5.74) is 0.124. The molecule has 31 heavy (non-hydrogen) atoms. The standard InChI is InChI=1S/C20H22F3N7S/c1-11-24-20(31-28-11)29-9-6-12(7-10-29)25-19-26-18-14(3-2-8-30(18)27-19)13-4-5-15(21)17(23)16(13)22/h4-5,12,14H,2-3,6-10H2,1H3,(H,25,27). The van der Waals surface area contributed by atoms with Gasteiger partial charge in [-0.25, -0.2) is 22.8 Å². The summed E-state index contributed by atoms with van der Waals surface area (Å²) in [6.07, 6.45) is 3.19. The molecule has 0 saturated carbocycles. The lowest BCUT2D eigenvalue weighted by atomic mass is 9.90. The van der Waals surface area contributed by atoms with Crippen LogP contribution in [0.3, 0.4) is 0 Å². The number of nitrogens with one attached hydrogen (secondary N) is 1. The van der Waals surface area contributed by atoms with E-state index in [1.807, 2.05) is 6.92 Å². The molecule has 1 saturated heterocycles. The van der Waals surface area contributed by atoms with Crippen LogP contribution in [0.5, 0.6) is 0 Å². The second kappa shape index (κ2) is 8.10.